The zero-order valence-electron chi connectivity index (χ0n) is 9.88. The Morgan fingerprint density at radius 3 is 2.94 bits per heavy atom. The first-order valence-electron chi connectivity index (χ1n) is 5.38. The van der Waals surface area contributed by atoms with Gasteiger partial charge in [-0.05, 0) is 13.0 Å². The second-order valence-corrected chi connectivity index (χ2v) is 4.63. The Labute approximate surface area is 109 Å². The molecule has 0 spiro atoms. The van der Waals surface area contributed by atoms with Crippen LogP contribution in [-0.4, -0.2) is 16.6 Å². The Balaban J connectivity index is 1.95. The molecule has 0 atom stereocenters. The van der Waals surface area contributed by atoms with Crippen LogP contribution < -0.4 is 10.5 Å². The minimum atomic E-state index is 0.371. The summed E-state index contributed by atoms with van der Waals surface area (Å²) in [4.78, 5) is 9.37. The van der Waals surface area contributed by atoms with Crippen LogP contribution in [0.3, 0.4) is 0 Å². The third-order valence-corrected chi connectivity index (χ3v) is 3.42. The van der Waals surface area contributed by atoms with E-state index >= 15 is 0 Å². The van der Waals surface area contributed by atoms with E-state index < -0.39 is 0 Å². The van der Waals surface area contributed by atoms with E-state index in [1.807, 2.05) is 18.5 Å². The highest BCUT2D eigenvalue weighted by atomic mass is 32.1. The van der Waals surface area contributed by atoms with Crippen LogP contribution in [0.1, 0.15) is 16.1 Å². The van der Waals surface area contributed by atoms with E-state index in [0.717, 1.165) is 12.1 Å². The molecule has 2 rings (SSSR count). The molecule has 0 aromatic carbocycles. The van der Waals surface area contributed by atoms with Crippen LogP contribution in [0.25, 0.3) is 0 Å². The number of nitrogen functional groups attached to an aromatic ring is 1. The number of hydrogen-bond donors (Lipinski definition) is 1. The van der Waals surface area contributed by atoms with Gasteiger partial charge in [-0.25, -0.2) is 9.97 Å². The first-order valence-corrected chi connectivity index (χ1v) is 6.26. The summed E-state index contributed by atoms with van der Waals surface area (Å²) in [7, 11) is 0. The van der Waals surface area contributed by atoms with Gasteiger partial charge in [0.1, 0.15) is 6.07 Å². The van der Waals surface area contributed by atoms with Crippen LogP contribution in [0.15, 0.2) is 17.8 Å². The molecular formula is C12H12N4OS. The number of nitrogens with two attached hydrogens (primary N) is 1. The lowest BCUT2D eigenvalue weighted by atomic mass is 10.3. The molecule has 0 aliphatic rings. The molecule has 0 aliphatic carbocycles. The molecule has 2 heterocycles. The monoisotopic (exact) mass is 260 g/mol. The zero-order valence-corrected chi connectivity index (χ0v) is 10.7. The van der Waals surface area contributed by atoms with E-state index in [1.165, 1.54) is 11.1 Å². The van der Waals surface area contributed by atoms with Crippen molar-refractivity contribution in [1.29, 1.82) is 5.26 Å². The number of pyridine rings is 1. The lowest BCUT2D eigenvalue weighted by Crippen LogP contribution is -2.05. The maximum atomic E-state index is 8.69. The molecule has 5 nitrogen and oxygen atoms in total. The molecular weight excluding hydrogens is 248 g/mol. The third kappa shape index (κ3) is 2.76. The number of thiazole rings is 1. The van der Waals surface area contributed by atoms with Gasteiger partial charge in [0, 0.05) is 17.5 Å². The van der Waals surface area contributed by atoms with Gasteiger partial charge in [0.15, 0.2) is 0 Å². The van der Waals surface area contributed by atoms with Gasteiger partial charge in [-0.2, -0.15) is 5.26 Å². The second kappa shape index (κ2) is 5.47. The Morgan fingerprint density at radius 1 is 1.50 bits per heavy atom. The van der Waals surface area contributed by atoms with Crippen molar-refractivity contribution in [2.24, 2.45) is 0 Å². The van der Waals surface area contributed by atoms with E-state index in [-0.39, 0.29) is 0 Å². The minimum Gasteiger partial charge on any atom is -0.476 e. The van der Waals surface area contributed by atoms with Gasteiger partial charge in [0.25, 0.3) is 0 Å². The SMILES string of the molecule is Cc1ncsc1CCOc1ncc(C#N)cc1N. The van der Waals surface area contributed by atoms with E-state index in [2.05, 4.69) is 9.97 Å². The van der Waals surface area contributed by atoms with Crippen LogP contribution in [-0.2, 0) is 6.42 Å². The molecule has 92 valence electrons. The summed E-state index contributed by atoms with van der Waals surface area (Å²) < 4.78 is 5.50. The summed E-state index contributed by atoms with van der Waals surface area (Å²) >= 11 is 1.61. The van der Waals surface area contributed by atoms with E-state index in [1.54, 1.807) is 17.4 Å². The van der Waals surface area contributed by atoms with Gasteiger partial charge in [-0.1, -0.05) is 0 Å². The fourth-order valence-electron chi connectivity index (χ4n) is 1.46. The van der Waals surface area contributed by atoms with Crippen molar-refractivity contribution >= 4 is 17.0 Å². The summed E-state index contributed by atoms with van der Waals surface area (Å²) in [6.45, 7) is 2.46. The molecule has 0 fully saturated rings. The Kier molecular flexibility index (Phi) is 3.75. The lowest BCUT2D eigenvalue weighted by molar-refractivity contribution is 0.312. The first-order chi connectivity index (χ1) is 8.70. The Morgan fingerprint density at radius 2 is 2.33 bits per heavy atom. The summed E-state index contributed by atoms with van der Waals surface area (Å²) in [5.74, 6) is 0.371. The van der Waals surface area contributed by atoms with Gasteiger partial charge in [-0.3, -0.25) is 0 Å². The van der Waals surface area contributed by atoms with Crippen molar-refractivity contribution in [3.63, 3.8) is 0 Å². The Hall–Kier alpha value is -2.13. The average molecular weight is 260 g/mol. The fourth-order valence-corrected chi connectivity index (χ4v) is 2.22. The molecule has 2 aromatic rings. The fraction of sp³-hybridized carbons (Fsp3) is 0.250. The number of nitrogens with zero attached hydrogens (tertiary/aromatic N) is 3. The highest BCUT2D eigenvalue weighted by Crippen LogP contribution is 2.19. The number of aryl methyl sites for hydroxylation is 1. The lowest BCUT2D eigenvalue weighted by Gasteiger charge is -2.07. The molecule has 2 aromatic heterocycles. The average Bonchev–Trinajstić information content (AvgIpc) is 2.77. The second-order valence-electron chi connectivity index (χ2n) is 3.69. The standard InChI is InChI=1S/C12H12N4OS/c1-8-11(18-7-16-8)2-3-17-12-10(14)4-9(5-13)6-15-12/h4,6-7H,2-3,14H2,1H3. The van der Waals surface area contributed by atoms with Gasteiger partial charge in [0.2, 0.25) is 5.88 Å². The van der Waals surface area contributed by atoms with E-state index in [4.69, 9.17) is 15.7 Å². The van der Waals surface area contributed by atoms with Crippen LogP contribution in [0.5, 0.6) is 5.88 Å². The predicted molar refractivity (Wildman–Crippen MR) is 69.4 cm³/mol. The minimum absolute atomic E-state index is 0.371. The van der Waals surface area contributed by atoms with Crippen molar-refractivity contribution in [2.75, 3.05) is 12.3 Å². The zero-order chi connectivity index (χ0) is 13.0. The van der Waals surface area contributed by atoms with Crippen molar-refractivity contribution in [2.45, 2.75) is 13.3 Å². The van der Waals surface area contributed by atoms with Crippen LogP contribution >= 0.6 is 11.3 Å². The van der Waals surface area contributed by atoms with Gasteiger partial charge in [0.05, 0.1) is 29.1 Å². The summed E-state index contributed by atoms with van der Waals surface area (Å²) in [5, 5.41) is 8.69. The number of anilines is 1. The number of ether oxygens (including phenoxy) is 1. The number of hydrogen-bond acceptors (Lipinski definition) is 6. The van der Waals surface area contributed by atoms with Gasteiger partial charge >= 0.3 is 0 Å². The topological polar surface area (TPSA) is 84.8 Å². The molecule has 0 saturated carbocycles. The maximum Gasteiger partial charge on any atom is 0.237 e. The molecule has 0 amide bonds. The van der Waals surface area contributed by atoms with Crippen molar-refractivity contribution < 1.29 is 4.74 Å². The van der Waals surface area contributed by atoms with E-state index in [0.29, 0.717) is 23.7 Å². The van der Waals surface area contributed by atoms with Gasteiger partial charge < -0.3 is 10.5 Å². The van der Waals surface area contributed by atoms with Crippen molar-refractivity contribution in [3.8, 4) is 11.9 Å². The molecule has 0 unspecified atom stereocenters. The number of rotatable bonds is 4. The van der Waals surface area contributed by atoms with Crippen molar-refractivity contribution in [3.05, 3.63) is 33.9 Å². The van der Waals surface area contributed by atoms with Crippen LogP contribution in [0.4, 0.5) is 5.69 Å². The highest BCUT2D eigenvalue weighted by Gasteiger charge is 2.05. The molecule has 0 saturated heterocycles. The van der Waals surface area contributed by atoms with Crippen LogP contribution in [0.2, 0.25) is 0 Å². The molecule has 0 aliphatic heterocycles. The largest absolute Gasteiger partial charge is 0.476 e. The molecule has 2 N–H and O–H groups in total. The van der Waals surface area contributed by atoms with Crippen molar-refractivity contribution in [1.82, 2.24) is 9.97 Å². The smallest absolute Gasteiger partial charge is 0.237 e. The number of aromatic nitrogens is 2. The summed E-state index contributed by atoms with van der Waals surface area (Å²) in [6, 6.07) is 3.53. The molecule has 18 heavy (non-hydrogen) atoms. The van der Waals surface area contributed by atoms with Gasteiger partial charge in [-0.15, -0.1) is 11.3 Å². The Bertz CT molecular complexity index is 588. The predicted octanol–water partition coefficient (Wildman–Crippen LogP) is 1.92. The molecule has 0 bridgehead atoms. The van der Waals surface area contributed by atoms with E-state index in [9.17, 15) is 0 Å². The molecule has 0 radical (unpaired) electrons. The third-order valence-electron chi connectivity index (χ3n) is 2.42. The maximum absolute atomic E-state index is 8.69. The first kappa shape index (κ1) is 12.3. The van der Waals surface area contributed by atoms with Crippen LogP contribution in [0, 0.1) is 18.3 Å². The quantitative estimate of drug-likeness (QED) is 0.907. The normalized spacial score (nSPS) is 10.0. The molecule has 6 heteroatoms. The summed E-state index contributed by atoms with van der Waals surface area (Å²) in [6.07, 6.45) is 2.22. The summed E-state index contributed by atoms with van der Waals surface area (Å²) in [5.41, 5.74) is 9.40. The highest BCUT2D eigenvalue weighted by molar-refractivity contribution is 7.09. The number of nitriles is 1.